The Bertz CT molecular complexity index is 720. The summed E-state index contributed by atoms with van der Waals surface area (Å²) in [6.45, 7) is 6.91. The molecule has 128 valence electrons. The van der Waals surface area contributed by atoms with E-state index in [-0.39, 0.29) is 5.82 Å². The number of methoxy groups -OCH3 is 1. The smallest absolute Gasteiger partial charge is 0.123 e. The van der Waals surface area contributed by atoms with Crippen LogP contribution in [-0.4, -0.2) is 31.9 Å². The lowest BCUT2D eigenvalue weighted by atomic mass is 9.98. The second-order valence-electron chi connectivity index (χ2n) is 6.06. The Morgan fingerprint density at radius 2 is 1.92 bits per heavy atom. The van der Waals surface area contributed by atoms with Crippen molar-refractivity contribution in [1.82, 2.24) is 4.90 Å². The van der Waals surface area contributed by atoms with E-state index in [1.807, 2.05) is 50.3 Å². The fourth-order valence-electron chi connectivity index (χ4n) is 2.54. The summed E-state index contributed by atoms with van der Waals surface area (Å²) in [6.07, 6.45) is 2.46. The minimum absolute atomic E-state index is 0.201. The average molecular weight is 328 g/mol. The summed E-state index contributed by atoms with van der Waals surface area (Å²) in [5.74, 6) is 0.559. The molecule has 0 unspecified atom stereocenters. The van der Waals surface area contributed by atoms with Gasteiger partial charge in [-0.15, -0.1) is 0 Å². The van der Waals surface area contributed by atoms with Gasteiger partial charge in [0, 0.05) is 19.7 Å². The maximum atomic E-state index is 13.7. The van der Waals surface area contributed by atoms with Crippen LogP contribution in [0.5, 0.6) is 5.75 Å². The molecule has 0 aliphatic heterocycles. The van der Waals surface area contributed by atoms with Crippen LogP contribution in [0.1, 0.15) is 29.2 Å². The fourth-order valence-corrected chi connectivity index (χ4v) is 2.54. The van der Waals surface area contributed by atoms with Crippen LogP contribution < -0.4 is 4.74 Å². The van der Waals surface area contributed by atoms with Gasteiger partial charge in [-0.3, -0.25) is 0 Å². The standard InChI is InChI=1S/C20H25FN2O/c1-6-23(4)13-22-20-12-19(24-5)11-17(15(20)3)9-16-7-14(2)8-18(21)10-16/h7-8,10-13H,6,9H2,1-5H3/b22-13+. The van der Waals surface area contributed by atoms with Crippen molar-refractivity contribution in [2.75, 3.05) is 20.7 Å². The summed E-state index contributed by atoms with van der Waals surface area (Å²) in [4.78, 5) is 6.58. The van der Waals surface area contributed by atoms with Gasteiger partial charge in [0.25, 0.3) is 0 Å². The van der Waals surface area contributed by atoms with Crippen LogP contribution in [0.3, 0.4) is 0 Å². The lowest BCUT2D eigenvalue weighted by Crippen LogP contribution is -2.14. The molecule has 4 heteroatoms. The molecule has 0 radical (unpaired) electrons. The van der Waals surface area contributed by atoms with E-state index in [2.05, 4.69) is 11.9 Å². The van der Waals surface area contributed by atoms with Gasteiger partial charge in [-0.1, -0.05) is 6.07 Å². The third-order valence-corrected chi connectivity index (χ3v) is 4.09. The van der Waals surface area contributed by atoms with Gasteiger partial charge < -0.3 is 9.64 Å². The summed E-state index contributed by atoms with van der Waals surface area (Å²) in [7, 11) is 3.63. The Kier molecular flexibility index (Phi) is 5.96. The van der Waals surface area contributed by atoms with Crippen LogP contribution in [-0.2, 0) is 6.42 Å². The molecule has 24 heavy (non-hydrogen) atoms. The lowest BCUT2D eigenvalue weighted by Gasteiger charge is -2.14. The molecule has 2 aromatic carbocycles. The van der Waals surface area contributed by atoms with E-state index >= 15 is 0 Å². The van der Waals surface area contributed by atoms with Gasteiger partial charge in [0.2, 0.25) is 0 Å². The minimum atomic E-state index is -0.201. The number of ether oxygens (including phenoxy) is 1. The van der Waals surface area contributed by atoms with E-state index < -0.39 is 0 Å². The highest BCUT2D eigenvalue weighted by Crippen LogP contribution is 2.30. The van der Waals surface area contributed by atoms with Crippen molar-refractivity contribution in [2.24, 2.45) is 4.99 Å². The van der Waals surface area contributed by atoms with Crippen LogP contribution in [0.2, 0.25) is 0 Å². The molecule has 0 bridgehead atoms. The second-order valence-corrected chi connectivity index (χ2v) is 6.06. The van der Waals surface area contributed by atoms with E-state index in [0.29, 0.717) is 6.42 Å². The molecule has 0 saturated heterocycles. The second kappa shape index (κ2) is 7.95. The molecule has 0 aliphatic rings. The van der Waals surface area contributed by atoms with E-state index in [1.165, 1.54) is 6.07 Å². The SMILES string of the molecule is CCN(C)/C=N/c1cc(OC)cc(Cc2cc(C)cc(F)c2)c1C. The van der Waals surface area contributed by atoms with Crippen molar-refractivity contribution in [2.45, 2.75) is 27.2 Å². The van der Waals surface area contributed by atoms with Gasteiger partial charge in [0.1, 0.15) is 11.6 Å². The molecule has 3 nitrogen and oxygen atoms in total. The number of aryl methyl sites for hydroxylation is 1. The molecule has 0 amide bonds. The summed E-state index contributed by atoms with van der Waals surface area (Å²) >= 11 is 0. The molecule has 0 heterocycles. The summed E-state index contributed by atoms with van der Waals surface area (Å²) in [5, 5.41) is 0. The first-order chi connectivity index (χ1) is 11.4. The largest absolute Gasteiger partial charge is 0.497 e. The highest BCUT2D eigenvalue weighted by Gasteiger charge is 2.09. The third kappa shape index (κ3) is 4.57. The Morgan fingerprint density at radius 1 is 1.17 bits per heavy atom. The van der Waals surface area contributed by atoms with E-state index in [4.69, 9.17) is 4.74 Å². The molecule has 0 fully saturated rings. The number of hydrogen-bond donors (Lipinski definition) is 0. The number of hydrogen-bond acceptors (Lipinski definition) is 2. The first-order valence-electron chi connectivity index (χ1n) is 8.11. The predicted octanol–water partition coefficient (Wildman–Crippen LogP) is 4.65. The Morgan fingerprint density at radius 3 is 2.54 bits per heavy atom. The van der Waals surface area contributed by atoms with E-state index in [1.54, 1.807) is 13.2 Å². The van der Waals surface area contributed by atoms with E-state index in [9.17, 15) is 4.39 Å². The summed E-state index contributed by atoms with van der Waals surface area (Å²) in [6, 6.07) is 9.06. The minimum Gasteiger partial charge on any atom is -0.497 e. The molecular weight excluding hydrogens is 303 g/mol. The molecule has 0 atom stereocenters. The zero-order chi connectivity index (χ0) is 17.7. The molecule has 2 rings (SSSR count). The van der Waals surface area contributed by atoms with Gasteiger partial charge in [-0.25, -0.2) is 9.38 Å². The highest BCUT2D eigenvalue weighted by atomic mass is 19.1. The molecule has 2 aromatic rings. The highest BCUT2D eigenvalue weighted by molar-refractivity contribution is 5.65. The van der Waals surface area contributed by atoms with Crippen molar-refractivity contribution in [1.29, 1.82) is 0 Å². The molecular formula is C20H25FN2O. The summed E-state index contributed by atoms with van der Waals surface area (Å²) in [5.41, 5.74) is 4.92. The Labute approximate surface area is 143 Å². The van der Waals surface area contributed by atoms with Crippen LogP contribution in [0, 0.1) is 19.7 Å². The third-order valence-electron chi connectivity index (χ3n) is 4.09. The van der Waals surface area contributed by atoms with E-state index in [0.717, 1.165) is 40.2 Å². The zero-order valence-electron chi connectivity index (χ0n) is 15.1. The normalized spacial score (nSPS) is 11.1. The average Bonchev–Trinajstić information content (AvgIpc) is 2.54. The van der Waals surface area contributed by atoms with Crippen molar-refractivity contribution < 1.29 is 9.13 Å². The number of benzene rings is 2. The molecule has 0 saturated carbocycles. The van der Waals surface area contributed by atoms with Gasteiger partial charge in [-0.2, -0.15) is 0 Å². The van der Waals surface area contributed by atoms with Crippen LogP contribution >= 0.6 is 0 Å². The number of rotatable bonds is 6. The molecule has 0 N–H and O–H groups in total. The van der Waals surface area contributed by atoms with Crippen molar-refractivity contribution in [3.63, 3.8) is 0 Å². The maximum absolute atomic E-state index is 13.7. The first kappa shape index (κ1) is 18.0. The Balaban J connectivity index is 2.40. The Hall–Kier alpha value is -2.36. The quantitative estimate of drug-likeness (QED) is 0.569. The van der Waals surface area contributed by atoms with Gasteiger partial charge >= 0.3 is 0 Å². The summed E-state index contributed by atoms with van der Waals surface area (Å²) < 4.78 is 19.1. The molecule has 0 spiro atoms. The van der Waals surface area contributed by atoms with Gasteiger partial charge in [0.05, 0.1) is 19.1 Å². The monoisotopic (exact) mass is 328 g/mol. The maximum Gasteiger partial charge on any atom is 0.123 e. The lowest BCUT2D eigenvalue weighted by molar-refractivity contribution is 0.414. The van der Waals surface area contributed by atoms with Gasteiger partial charge in [-0.05, 0) is 67.6 Å². The predicted molar refractivity (Wildman–Crippen MR) is 98.1 cm³/mol. The molecule has 0 aromatic heterocycles. The van der Waals surface area contributed by atoms with Crippen LogP contribution in [0.4, 0.5) is 10.1 Å². The van der Waals surface area contributed by atoms with Crippen molar-refractivity contribution in [3.05, 3.63) is 58.4 Å². The zero-order valence-corrected chi connectivity index (χ0v) is 15.1. The topological polar surface area (TPSA) is 24.8 Å². The van der Waals surface area contributed by atoms with Crippen LogP contribution in [0.15, 0.2) is 35.3 Å². The first-order valence-corrected chi connectivity index (χ1v) is 8.11. The molecule has 0 aliphatic carbocycles. The number of aliphatic imine (C=N–C) groups is 1. The van der Waals surface area contributed by atoms with Crippen LogP contribution in [0.25, 0.3) is 0 Å². The number of halogens is 1. The number of nitrogens with zero attached hydrogens (tertiary/aromatic N) is 2. The van der Waals surface area contributed by atoms with Gasteiger partial charge in [0.15, 0.2) is 0 Å². The fraction of sp³-hybridized carbons (Fsp3) is 0.350. The van der Waals surface area contributed by atoms with Crippen molar-refractivity contribution in [3.8, 4) is 5.75 Å². The van der Waals surface area contributed by atoms with Crippen molar-refractivity contribution >= 4 is 12.0 Å².